The van der Waals surface area contributed by atoms with E-state index in [1.54, 1.807) is 19.9 Å². The van der Waals surface area contributed by atoms with Gasteiger partial charge in [0.2, 0.25) is 0 Å². The Labute approximate surface area is 111 Å². The summed E-state index contributed by atoms with van der Waals surface area (Å²) < 4.78 is 5.47. The Morgan fingerprint density at radius 1 is 1.42 bits per heavy atom. The van der Waals surface area contributed by atoms with Crippen molar-refractivity contribution in [1.82, 2.24) is 0 Å². The Morgan fingerprint density at radius 2 is 2.16 bits per heavy atom. The van der Waals surface area contributed by atoms with Crippen molar-refractivity contribution in [3.8, 4) is 0 Å². The minimum Gasteiger partial charge on any atom is -0.478 e. The number of hydrogen-bond donors (Lipinski definition) is 2. The normalized spacial score (nSPS) is 22.2. The van der Waals surface area contributed by atoms with E-state index in [1.165, 1.54) is 12.1 Å². The van der Waals surface area contributed by atoms with Crippen LogP contribution in [-0.2, 0) is 9.53 Å². The van der Waals surface area contributed by atoms with Gasteiger partial charge in [0.15, 0.2) is 0 Å². The maximum absolute atomic E-state index is 12.2. The SMILES string of the molecule is Cc1cc(C(=O)O)ccc1NC(=O)C1(C)CCCO1. The van der Waals surface area contributed by atoms with Gasteiger partial charge in [0, 0.05) is 12.3 Å². The molecule has 0 bridgehead atoms. The van der Waals surface area contributed by atoms with Gasteiger partial charge in [-0.3, -0.25) is 4.79 Å². The smallest absolute Gasteiger partial charge is 0.335 e. The molecule has 1 aliphatic heterocycles. The third-order valence-electron chi connectivity index (χ3n) is 3.42. The van der Waals surface area contributed by atoms with Crippen molar-refractivity contribution in [2.75, 3.05) is 11.9 Å². The summed E-state index contributed by atoms with van der Waals surface area (Å²) in [6.07, 6.45) is 1.58. The molecule has 0 spiro atoms. The van der Waals surface area contributed by atoms with Crippen LogP contribution in [0.4, 0.5) is 5.69 Å². The fourth-order valence-corrected chi connectivity index (χ4v) is 2.15. The van der Waals surface area contributed by atoms with E-state index in [0.717, 1.165) is 12.0 Å². The van der Waals surface area contributed by atoms with Crippen molar-refractivity contribution >= 4 is 17.6 Å². The Morgan fingerprint density at radius 3 is 2.68 bits per heavy atom. The van der Waals surface area contributed by atoms with Crippen molar-refractivity contribution in [3.05, 3.63) is 29.3 Å². The van der Waals surface area contributed by atoms with Crippen molar-refractivity contribution in [2.24, 2.45) is 0 Å². The maximum atomic E-state index is 12.2. The molecule has 1 atom stereocenters. The first-order valence-corrected chi connectivity index (χ1v) is 6.22. The maximum Gasteiger partial charge on any atom is 0.335 e. The third-order valence-corrected chi connectivity index (χ3v) is 3.42. The number of nitrogens with one attached hydrogen (secondary N) is 1. The van der Waals surface area contributed by atoms with Crippen molar-refractivity contribution in [2.45, 2.75) is 32.3 Å². The summed E-state index contributed by atoms with van der Waals surface area (Å²) in [4.78, 5) is 23.0. The van der Waals surface area contributed by atoms with E-state index in [0.29, 0.717) is 18.7 Å². The number of carboxylic acids is 1. The molecule has 1 aliphatic rings. The molecule has 0 aliphatic carbocycles. The number of hydrogen-bond acceptors (Lipinski definition) is 3. The molecule has 1 aromatic carbocycles. The number of ether oxygens (including phenoxy) is 1. The van der Waals surface area contributed by atoms with Crippen LogP contribution < -0.4 is 5.32 Å². The Bertz CT molecular complexity index is 518. The van der Waals surface area contributed by atoms with Crippen LogP contribution in [0.5, 0.6) is 0 Å². The number of carbonyl (C=O) groups is 2. The molecule has 5 heteroatoms. The number of carboxylic acid groups (broad SMARTS) is 1. The van der Waals surface area contributed by atoms with E-state index in [1.807, 2.05) is 0 Å². The van der Waals surface area contributed by atoms with Crippen LogP contribution >= 0.6 is 0 Å². The van der Waals surface area contributed by atoms with E-state index in [9.17, 15) is 9.59 Å². The van der Waals surface area contributed by atoms with Gasteiger partial charge in [-0.2, -0.15) is 0 Å². The standard InChI is InChI=1S/C14H17NO4/c1-9-8-10(12(16)17)4-5-11(9)15-13(18)14(2)6-3-7-19-14/h4-5,8H,3,6-7H2,1-2H3,(H,15,18)(H,16,17). The molecule has 0 saturated carbocycles. The second kappa shape index (κ2) is 5.01. The van der Waals surface area contributed by atoms with Crippen molar-refractivity contribution in [1.29, 1.82) is 0 Å². The van der Waals surface area contributed by atoms with Gasteiger partial charge in [-0.15, -0.1) is 0 Å². The highest BCUT2D eigenvalue weighted by Crippen LogP contribution is 2.27. The van der Waals surface area contributed by atoms with Crippen LogP contribution in [0.3, 0.4) is 0 Å². The molecule has 1 aromatic rings. The summed E-state index contributed by atoms with van der Waals surface area (Å²) in [6.45, 7) is 4.14. The second-order valence-corrected chi connectivity index (χ2v) is 4.97. The first-order valence-electron chi connectivity index (χ1n) is 6.22. The van der Waals surface area contributed by atoms with Crippen LogP contribution in [0.15, 0.2) is 18.2 Å². The summed E-state index contributed by atoms with van der Waals surface area (Å²) in [7, 11) is 0. The van der Waals surface area contributed by atoms with Gasteiger partial charge in [-0.05, 0) is 50.5 Å². The molecule has 2 N–H and O–H groups in total. The van der Waals surface area contributed by atoms with Crippen LogP contribution in [0.25, 0.3) is 0 Å². The number of anilines is 1. The lowest BCUT2D eigenvalue weighted by atomic mass is 10.0. The summed E-state index contributed by atoms with van der Waals surface area (Å²) >= 11 is 0. The largest absolute Gasteiger partial charge is 0.478 e. The molecule has 1 heterocycles. The minimum atomic E-state index is -0.980. The molecule has 102 valence electrons. The molecule has 5 nitrogen and oxygen atoms in total. The number of amides is 1. The topological polar surface area (TPSA) is 75.6 Å². The van der Waals surface area contributed by atoms with Crippen LogP contribution in [-0.4, -0.2) is 29.2 Å². The number of carbonyl (C=O) groups excluding carboxylic acids is 1. The van der Waals surface area contributed by atoms with Crippen LogP contribution in [0, 0.1) is 6.92 Å². The zero-order chi connectivity index (χ0) is 14.0. The molecule has 1 fully saturated rings. The quantitative estimate of drug-likeness (QED) is 0.876. The molecule has 0 aromatic heterocycles. The average molecular weight is 263 g/mol. The highest BCUT2D eigenvalue weighted by molar-refractivity contribution is 5.98. The van der Waals surface area contributed by atoms with E-state index in [-0.39, 0.29) is 11.5 Å². The predicted molar refractivity (Wildman–Crippen MR) is 70.4 cm³/mol. The predicted octanol–water partition coefficient (Wildman–Crippen LogP) is 2.20. The lowest BCUT2D eigenvalue weighted by Crippen LogP contribution is -2.39. The highest BCUT2D eigenvalue weighted by atomic mass is 16.5. The highest BCUT2D eigenvalue weighted by Gasteiger charge is 2.37. The Balaban J connectivity index is 2.15. The van der Waals surface area contributed by atoms with E-state index >= 15 is 0 Å². The van der Waals surface area contributed by atoms with Gasteiger partial charge >= 0.3 is 5.97 Å². The first kappa shape index (κ1) is 13.5. The van der Waals surface area contributed by atoms with Gasteiger partial charge in [0.25, 0.3) is 5.91 Å². The van der Waals surface area contributed by atoms with Gasteiger partial charge in [0.05, 0.1) is 5.56 Å². The molecular formula is C14H17NO4. The van der Waals surface area contributed by atoms with E-state index < -0.39 is 11.6 Å². The molecule has 1 amide bonds. The molecule has 1 unspecified atom stereocenters. The summed E-state index contributed by atoms with van der Waals surface area (Å²) in [5.41, 5.74) is 0.762. The van der Waals surface area contributed by atoms with Gasteiger partial charge in [-0.25, -0.2) is 4.79 Å². The lowest BCUT2D eigenvalue weighted by molar-refractivity contribution is -0.133. The monoisotopic (exact) mass is 263 g/mol. The Kier molecular flexibility index (Phi) is 3.57. The number of benzene rings is 1. The lowest BCUT2D eigenvalue weighted by Gasteiger charge is -2.22. The first-order chi connectivity index (χ1) is 8.92. The summed E-state index contributed by atoms with van der Waals surface area (Å²) in [6, 6.07) is 4.62. The third kappa shape index (κ3) is 2.76. The number of aromatic carboxylic acids is 1. The van der Waals surface area contributed by atoms with Crippen LogP contribution in [0.2, 0.25) is 0 Å². The van der Waals surface area contributed by atoms with Crippen molar-refractivity contribution < 1.29 is 19.4 Å². The van der Waals surface area contributed by atoms with Gasteiger partial charge in [0.1, 0.15) is 5.60 Å². The minimum absolute atomic E-state index is 0.184. The van der Waals surface area contributed by atoms with Gasteiger partial charge in [-0.1, -0.05) is 0 Å². The van der Waals surface area contributed by atoms with E-state index in [2.05, 4.69) is 5.32 Å². The molecular weight excluding hydrogens is 246 g/mol. The second-order valence-electron chi connectivity index (χ2n) is 4.97. The van der Waals surface area contributed by atoms with Gasteiger partial charge < -0.3 is 15.2 Å². The summed E-state index contributed by atoms with van der Waals surface area (Å²) in [5.74, 6) is -1.16. The Hall–Kier alpha value is -1.88. The molecule has 19 heavy (non-hydrogen) atoms. The molecule has 1 saturated heterocycles. The average Bonchev–Trinajstić information content (AvgIpc) is 2.80. The van der Waals surface area contributed by atoms with E-state index in [4.69, 9.17) is 9.84 Å². The van der Waals surface area contributed by atoms with Crippen molar-refractivity contribution in [3.63, 3.8) is 0 Å². The zero-order valence-corrected chi connectivity index (χ0v) is 11.0. The summed E-state index contributed by atoms with van der Waals surface area (Å²) in [5, 5.41) is 11.7. The zero-order valence-electron chi connectivity index (χ0n) is 11.0. The number of aryl methyl sites for hydroxylation is 1. The number of rotatable bonds is 3. The fourth-order valence-electron chi connectivity index (χ4n) is 2.15. The molecule has 2 rings (SSSR count). The fraction of sp³-hybridized carbons (Fsp3) is 0.429. The molecule has 0 radical (unpaired) electrons. The van der Waals surface area contributed by atoms with Crippen LogP contribution in [0.1, 0.15) is 35.7 Å².